The van der Waals surface area contributed by atoms with Crippen molar-refractivity contribution in [1.82, 2.24) is 4.90 Å². The van der Waals surface area contributed by atoms with Gasteiger partial charge in [-0.3, -0.25) is 4.90 Å². The molecule has 1 aromatic rings. The minimum absolute atomic E-state index is 0.393. The van der Waals surface area contributed by atoms with Crippen LogP contribution in [0.4, 0.5) is 0 Å². The molecule has 0 N–H and O–H groups in total. The average molecular weight is 263 g/mol. The summed E-state index contributed by atoms with van der Waals surface area (Å²) in [6.45, 7) is 10.3. The van der Waals surface area contributed by atoms with Crippen molar-refractivity contribution in [3.8, 4) is 11.8 Å². The Morgan fingerprint density at radius 3 is 2.68 bits per heavy atom. The standard InChI is InChI=1S/C15H21NO3/c1-5-16(6-2)10-7-8-12(3)19-15(17)14-9-11-18-13(14)4/h9,11-12H,5-6,10H2,1-4H3/t12-/m0/s1. The first kappa shape index (κ1) is 15.3. The first-order chi connectivity index (χ1) is 9.08. The number of furan rings is 1. The Bertz CT molecular complexity index is 463. The second kappa shape index (κ2) is 7.65. The highest BCUT2D eigenvalue weighted by Crippen LogP contribution is 2.11. The molecule has 0 aliphatic carbocycles. The molecule has 0 saturated carbocycles. The van der Waals surface area contributed by atoms with Crippen LogP contribution in [-0.4, -0.2) is 36.6 Å². The third kappa shape index (κ3) is 4.80. The van der Waals surface area contributed by atoms with Crippen molar-refractivity contribution >= 4 is 5.97 Å². The number of carbonyl (C=O) groups excluding carboxylic acids is 1. The number of esters is 1. The van der Waals surface area contributed by atoms with Gasteiger partial charge in [-0.2, -0.15) is 0 Å². The molecule has 0 aliphatic rings. The van der Waals surface area contributed by atoms with Crippen LogP contribution in [-0.2, 0) is 4.74 Å². The molecule has 0 spiro atoms. The lowest BCUT2D eigenvalue weighted by molar-refractivity contribution is 0.0436. The van der Waals surface area contributed by atoms with Gasteiger partial charge in [0.25, 0.3) is 0 Å². The Labute approximate surface area is 114 Å². The van der Waals surface area contributed by atoms with Crippen LogP contribution in [0.5, 0.6) is 0 Å². The Morgan fingerprint density at radius 2 is 2.16 bits per heavy atom. The topological polar surface area (TPSA) is 42.7 Å². The highest BCUT2D eigenvalue weighted by atomic mass is 16.5. The van der Waals surface area contributed by atoms with Crippen LogP contribution in [0.1, 0.15) is 36.9 Å². The number of nitrogens with zero attached hydrogens (tertiary/aromatic N) is 1. The quantitative estimate of drug-likeness (QED) is 0.604. The zero-order valence-corrected chi connectivity index (χ0v) is 12.0. The molecule has 0 aromatic carbocycles. The third-order valence-electron chi connectivity index (χ3n) is 2.86. The van der Waals surface area contributed by atoms with E-state index >= 15 is 0 Å². The molecule has 0 fully saturated rings. The summed E-state index contributed by atoms with van der Waals surface area (Å²) in [5.74, 6) is 6.13. The van der Waals surface area contributed by atoms with Crippen LogP contribution < -0.4 is 0 Å². The molecule has 0 unspecified atom stereocenters. The molecule has 0 radical (unpaired) electrons. The van der Waals surface area contributed by atoms with Crippen molar-refractivity contribution in [2.45, 2.75) is 33.8 Å². The normalized spacial score (nSPS) is 11.8. The zero-order valence-electron chi connectivity index (χ0n) is 12.0. The van der Waals surface area contributed by atoms with Crippen molar-refractivity contribution in [3.63, 3.8) is 0 Å². The molecule has 0 bridgehead atoms. The maximum absolute atomic E-state index is 11.8. The summed E-state index contributed by atoms with van der Waals surface area (Å²) in [4.78, 5) is 14.0. The summed E-state index contributed by atoms with van der Waals surface area (Å²) in [6, 6.07) is 1.60. The molecular formula is C15H21NO3. The van der Waals surface area contributed by atoms with Crippen LogP contribution in [0.15, 0.2) is 16.7 Å². The molecule has 1 heterocycles. The molecule has 19 heavy (non-hydrogen) atoms. The van der Waals surface area contributed by atoms with Crippen LogP contribution in [0.2, 0.25) is 0 Å². The van der Waals surface area contributed by atoms with Crippen LogP contribution in [0, 0.1) is 18.8 Å². The van der Waals surface area contributed by atoms with E-state index < -0.39 is 12.1 Å². The predicted octanol–water partition coefficient (Wildman–Crippen LogP) is 2.48. The van der Waals surface area contributed by atoms with Crippen LogP contribution >= 0.6 is 0 Å². The second-order valence-corrected chi connectivity index (χ2v) is 4.22. The number of hydrogen-bond donors (Lipinski definition) is 0. The highest BCUT2D eigenvalue weighted by Gasteiger charge is 2.14. The molecule has 1 aromatic heterocycles. The monoisotopic (exact) mass is 263 g/mol. The van der Waals surface area contributed by atoms with Crippen molar-refractivity contribution in [1.29, 1.82) is 0 Å². The lowest BCUT2D eigenvalue weighted by atomic mass is 10.2. The zero-order chi connectivity index (χ0) is 14.3. The molecule has 0 saturated heterocycles. The van der Waals surface area contributed by atoms with Crippen molar-refractivity contribution in [2.24, 2.45) is 0 Å². The Kier molecular flexibility index (Phi) is 6.17. The van der Waals surface area contributed by atoms with Gasteiger partial charge in [0.1, 0.15) is 11.3 Å². The first-order valence-electron chi connectivity index (χ1n) is 6.54. The van der Waals surface area contributed by atoms with Gasteiger partial charge < -0.3 is 9.15 Å². The van der Waals surface area contributed by atoms with E-state index in [0.29, 0.717) is 17.9 Å². The minimum Gasteiger partial charge on any atom is -0.469 e. The van der Waals surface area contributed by atoms with Gasteiger partial charge in [0.05, 0.1) is 12.8 Å². The van der Waals surface area contributed by atoms with E-state index in [4.69, 9.17) is 9.15 Å². The number of hydrogen-bond acceptors (Lipinski definition) is 4. The van der Waals surface area contributed by atoms with E-state index in [9.17, 15) is 4.79 Å². The number of aryl methyl sites for hydroxylation is 1. The van der Waals surface area contributed by atoms with E-state index in [1.807, 2.05) is 0 Å². The maximum atomic E-state index is 11.8. The minimum atomic E-state index is -0.419. The molecular weight excluding hydrogens is 242 g/mol. The lowest BCUT2D eigenvalue weighted by Gasteiger charge is -2.13. The van der Waals surface area contributed by atoms with Crippen LogP contribution in [0.25, 0.3) is 0 Å². The summed E-state index contributed by atoms with van der Waals surface area (Å²) in [7, 11) is 0. The fourth-order valence-corrected chi connectivity index (χ4v) is 1.60. The molecule has 0 aliphatic heterocycles. The molecule has 4 heteroatoms. The largest absolute Gasteiger partial charge is 0.469 e. The summed E-state index contributed by atoms with van der Waals surface area (Å²) in [5, 5.41) is 0. The molecule has 104 valence electrons. The summed E-state index contributed by atoms with van der Waals surface area (Å²) in [5.41, 5.74) is 0.456. The van der Waals surface area contributed by atoms with Crippen LogP contribution in [0.3, 0.4) is 0 Å². The lowest BCUT2D eigenvalue weighted by Crippen LogP contribution is -2.23. The average Bonchev–Trinajstić information content (AvgIpc) is 2.81. The third-order valence-corrected chi connectivity index (χ3v) is 2.86. The van der Waals surface area contributed by atoms with Gasteiger partial charge in [0.2, 0.25) is 0 Å². The summed E-state index contributed by atoms with van der Waals surface area (Å²) >= 11 is 0. The van der Waals surface area contributed by atoms with Crippen molar-refractivity contribution < 1.29 is 13.9 Å². The fraction of sp³-hybridized carbons (Fsp3) is 0.533. The van der Waals surface area contributed by atoms with E-state index in [2.05, 4.69) is 30.6 Å². The smallest absolute Gasteiger partial charge is 0.342 e. The Morgan fingerprint density at radius 1 is 1.47 bits per heavy atom. The van der Waals surface area contributed by atoms with Gasteiger partial charge >= 0.3 is 5.97 Å². The van der Waals surface area contributed by atoms with Gasteiger partial charge in [-0.15, -0.1) is 0 Å². The Balaban J connectivity index is 2.48. The van der Waals surface area contributed by atoms with Crippen molar-refractivity contribution in [2.75, 3.05) is 19.6 Å². The van der Waals surface area contributed by atoms with E-state index in [0.717, 1.165) is 13.1 Å². The Hall–Kier alpha value is -1.73. The van der Waals surface area contributed by atoms with E-state index in [1.54, 1.807) is 19.9 Å². The number of ether oxygens (including phenoxy) is 1. The molecule has 1 atom stereocenters. The molecule has 4 nitrogen and oxygen atoms in total. The van der Waals surface area contributed by atoms with Gasteiger partial charge in [0.15, 0.2) is 6.10 Å². The van der Waals surface area contributed by atoms with Gasteiger partial charge in [-0.05, 0) is 33.0 Å². The van der Waals surface area contributed by atoms with Crippen molar-refractivity contribution in [3.05, 3.63) is 23.7 Å². The first-order valence-corrected chi connectivity index (χ1v) is 6.54. The fourth-order valence-electron chi connectivity index (χ4n) is 1.60. The number of rotatable bonds is 5. The molecule has 0 amide bonds. The van der Waals surface area contributed by atoms with Gasteiger partial charge in [0, 0.05) is 0 Å². The SMILES string of the molecule is CCN(CC)CC#C[C@H](C)OC(=O)c1ccoc1C. The summed E-state index contributed by atoms with van der Waals surface area (Å²) < 4.78 is 10.3. The second-order valence-electron chi connectivity index (χ2n) is 4.22. The van der Waals surface area contributed by atoms with Gasteiger partial charge in [-0.1, -0.05) is 25.7 Å². The highest BCUT2D eigenvalue weighted by molar-refractivity contribution is 5.90. The predicted molar refractivity (Wildman–Crippen MR) is 73.9 cm³/mol. The number of carbonyl (C=O) groups is 1. The molecule has 1 rings (SSSR count). The summed E-state index contributed by atoms with van der Waals surface area (Å²) in [6.07, 6.45) is 1.06. The van der Waals surface area contributed by atoms with E-state index in [-0.39, 0.29) is 0 Å². The van der Waals surface area contributed by atoms with E-state index in [1.165, 1.54) is 6.26 Å². The van der Waals surface area contributed by atoms with Gasteiger partial charge in [-0.25, -0.2) is 4.79 Å². The maximum Gasteiger partial charge on any atom is 0.342 e.